The van der Waals surface area contributed by atoms with Gasteiger partial charge in [0.2, 0.25) is 6.41 Å². The number of piperazine rings is 1. The molecule has 182 valence electrons. The van der Waals surface area contributed by atoms with E-state index in [1.165, 1.54) is 0 Å². The Balaban J connectivity index is 1.68. The first-order valence-electron chi connectivity index (χ1n) is 12.4. The molecule has 1 saturated carbocycles. The van der Waals surface area contributed by atoms with Crippen molar-refractivity contribution in [3.05, 3.63) is 22.4 Å². The zero-order valence-electron chi connectivity index (χ0n) is 21.3. The predicted molar refractivity (Wildman–Crippen MR) is 128 cm³/mol. The zero-order chi connectivity index (χ0) is 24.1. The molecule has 7 heteroatoms. The predicted octanol–water partition coefficient (Wildman–Crippen LogP) is 3.92. The lowest BCUT2D eigenvalue weighted by molar-refractivity contribution is -0.252. The molecule has 3 heterocycles. The second kappa shape index (κ2) is 8.81. The second-order valence-electron chi connectivity index (χ2n) is 11.8. The summed E-state index contributed by atoms with van der Waals surface area (Å²) in [4.78, 5) is 9.44. The average Bonchev–Trinajstić information content (AvgIpc) is 3.55. The molecule has 0 radical (unpaired) electrons. The molecular formula is C26H40N4O3. The topological polar surface area (TPSA) is 81.9 Å². The molecule has 1 unspecified atom stereocenters. The molecular weight excluding hydrogens is 416 g/mol. The molecule has 2 aliphatic heterocycles. The summed E-state index contributed by atoms with van der Waals surface area (Å²) in [6.45, 7) is 17.0. The second-order valence-corrected chi connectivity index (χ2v) is 11.8. The third-order valence-corrected chi connectivity index (χ3v) is 6.98. The maximum Gasteiger partial charge on any atom is 0.216 e. The summed E-state index contributed by atoms with van der Waals surface area (Å²) in [5, 5.41) is 21.1. The van der Waals surface area contributed by atoms with E-state index >= 15 is 0 Å². The average molecular weight is 457 g/mol. The van der Waals surface area contributed by atoms with Crippen LogP contribution in [-0.2, 0) is 22.5 Å². The molecule has 1 N–H and O–H groups in total. The van der Waals surface area contributed by atoms with Gasteiger partial charge in [-0.05, 0) is 58.9 Å². The van der Waals surface area contributed by atoms with Crippen LogP contribution in [0.2, 0.25) is 0 Å². The Morgan fingerprint density at radius 2 is 1.91 bits per heavy atom. The van der Waals surface area contributed by atoms with E-state index in [1.807, 2.05) is 20.8 Å². The highest BCUT2D eigenvalue weighted by atomic mass is 16.6. The van der Waals surface area contributed by atoms with Crippen LogP contribution in [0.4, 0.5) is 5.82 Å². The normalized spacial score (nSPS) is 24.5. The minimum absolute atomic E-state index is 0.0876. The minimum atomic E-state index is -0.952. The van der Waals surface area contributed by atoms with Crippen molar-refractivity contribution in [2.75, 3.05) is 24.5 Å². The van der Waals surface area contributed by atoms with Gasteiger partial charge in [-0.25, -0.2) is 9.88 Å². The fraction of sp³-hybridized carbons (Fsp3) is 0.769. The molecule has 4 rings (SSSR count). The van der Waals surface area contributed by atoms with Crippen LogP contribution in [0.25, 0.3) is 0 Å². The molecule has 0 spiro atoms. The molecule has 2 fully saturated rings. The minimum Gasteiger partial charge on any atom is -0.370 e. The van der Waals surface area contributed by atoms with E-state index in [9.17, 15) is 10.4 Å². The van der Waals surface area contributed by atoms with E-state index < -0.39 is 12.0 Å². The number of aliphatic hydroxyl groups excluding tert-OH is 1. The van der Waals surface area contributed by atoms with E-state index in [1.54, 1.807) is 0 Å². The summed E-state index contributed by atoms with van der Waals surface area (Å²) in [7, 11) is 0. The van der Waals surface area contributed by atoms with Gasteiger partial charge in [-0.1, -0.05) is 13.8 Å². The van der Waals surface area contributed by atoms with Crippen LogP contribution < -0.4 is 4.90 Å². The Kier molecular flexibility index (Phi) is 6.52. The van der Waals surface area contributed by atoms with Gasteiger partial charge in [0.05, 0.1) is 29.1 Å². The Labute approximate surface area is 198 Å². The number of nitrogens with zero attached hydrogens (tertiary/aromatic N) is 4. The van der Waals surface area contributed by atoms with Crippen molar-refractivity contribution in [3.63, 3.8) is 0 Å². The molecule has 7 nitrogen and oxygen atoms in total. The summed E-state index contributed by atoms with van der Waals surface area (Å²) in [5.41, 5.74) is 3.39. The van der Waals surface area contributed by atoms with Crippen molar-refractivity contribution >= 4 is 5.82 Å². The number of anilines is 1. The van der Waals surface area contributed by atoms with Crippen molar-refractivity contribution in [2.45, 2.75) is 104 Å². The lowest BCUT2D eigenvalue weighted by Gasteiger charge is -2.46. The third-order valence-electron chi connectivity index (χ3n) is 6.98. The maximum atomic E-state index is 10.8. The number of aliphatic hydroxyl groups is 1. The summed E-state index contributed by atoms with van der Waals surface area (Å²) >= 11 is 0. The van der Waals surface area contributed by atoms with Gasteiger partial charge in [-0.3, -0.25) is 0 Å². The summed E-state index contributed by atoms with van der Waals surface area (Å²) in [6.07, 6.45) is 2.10. The van der Waals surface area contributed by atoms with E-state index in [0.29, 0.717) is 43.6 Å². The van der Waals surface area contributed by atoms with Crippen LogP contribution in [0.3, 0.4) is 0 Å². The van der Waals surface area contributed by atoms with Gasteiger partial charge in [-0.15, -0.1) is 0 Å². The number of rotatable bonds is 5. The monoisotopic (exact) mass is 456 g/mol. The number of ether oxygens (including phenoxy) is 2. The van der Waals surface area contributed by atoms with E-state index in [0.717, 1.165) is 41.9 Å². The fourth-order valence-corrected chi connectivity index (χ4v) is 5.09. The Morgan fingerprint density at radius 1 is 1.21 bits per heavy atom. The number of nitriles is 1. The largest absolute Gasteiger partial charge is 0.370 e. The highest BCUT2D eigenvalue weighted by Crippen LogP contribution is 2.46. The van der Waals surface area contributed by atoms with Crippen molar-refractivity contribution in [1.82, 2.24) is 9.88 Å². The van der Waals surface area contributed by atoms with Crippen LogP contribution in [0.5, 0.6) is 0 Å². The molecule has 1 aromatic heterocycles. The molecule has 1 saturated heterocycles. The lowest BCUT2D eigenvalue weighted by Crippen LogP contribution is -2.60. The van der Waals surface area contributed by atoms with E-state index in [4.69, 9.17) is 14.5 Å². The first kappa shape index (κ1) is 24.4. The van der Waals surface area contributed by atoms with E-state index in [2.05, 4.69) is 43.6 Å². The Bertz CT molecular complexity index is 927. The van der Waals surface area contributed by atoms with Crippen molar-refractivity contribution in [1.29, 1.82) is 5.26 Å². The van der Waals surface area contributed by atoms with Gasteiger partial charge in [0.15, 0.2) is 0 Å². The van der Waals surface area contributed by atoms with Crippen LogP contribution in [-0.4, -0.2) is 58.3 Å². The number of aromatic nitrogens is 1. The number of hydrogen-bond donors (Lipinski definition) is 1. The summed E-state index contributed by atoms with van der Waals surface area (Å²) in [6, 6.07) is 2.59. The Morgan fingerprint density at radius 3 is 2.48 bits per heavy atom. The standard InChI is InChI=1S/C26H40N4O3/c1-16(2)21-14-29(10-11-30(21)24(31)33-25(3,4)5)23-19(13-27)18-12-26(6,7)32-15-20(18)22(28-23)17-8-9-17/h16-17,21,24,31H,8-12,14-15H2,1-7H3/t21-,24?/m0/s1. The highest BCUT2D eigenvalue weighted by Gasteiger charge is 2.40. The molecule has 3 aliphatic rings. The van der Waals surface area contributed by atoms with Gasteiger partial charge in [0.25, 0.3) is 0 Å². The van der Waals surface area contributed by atoms with Crippen LogP contribution in [0.15, 0.2) is 0 Å². The van der Waals surface area contributed by atoms with Gasteiger partial charge >= 0.3 is 0 Å². The maximum absolute atomic E-state index is 10.8. The first-order valence-corrected chi connectivity index (χ1v) is 12.4. The number of pyridine rings is 1. The molecule has 2 atom stereocenters. The molecule has 33 heavy (non-hydrogen) atoms. The Hall–Kier alpha value is -1.72. The quantitative estimate of drug-likeness (QED) is 0.673. The summed E-state index contributed by atoms with van der Waals surface area (Å²) < 4.78 is 12.0. The van der Waals surface area contributed by atoms with Gasteiger partial charge in [0.1, 0.15) is 11.9 Å². The number of hydrogen-bond acceptors (Lipinski definition) is 7. The van der Waals surface area contributed by atoms with Crippen LogP contribution >= 0.6 is 0 Å². The smallest absolute Gasteiger partial charge is 0.216 e. The first-order chi connectivity index (χ1) is 15.4. The summed E-state index contributed by atoms with van der Waals surface area (Å²) in [5.74, 6) is 1.61. The molecule has 0 aromatic carbocycles. The van der Waals surface area contributed by atoms with Crippen molar-refractivity contribution in [2.24, 2.45) is 5.92 Å². The van der Waals surface area contributed by atoms with E-state index in [-0.39, 0.29) is 11.6 Å². The van der Waals surface area contributed by atoms with Crippen LogP contribution in [0, 0.1) is 17.2 Å². The van der Waals surface area contributed by atoms with Crippen molar-refractivity contribution in [3.8, 4) is 6.07 Å². The lowest BCUT2D eigenvalue weighted by atomic mass is 9.87. The molecule has 1 aromatic rings. The molecule has 0 bridgehead atoms. The van der Waals surface area contributed by atoms with Gasteiger partial charge in [-0.2, -0.15) is 5.26 Å². The van der Waals surface area contributed by atoms with Crippen molar-refractivity contribution < 1.29 is 14.6 Å². The zero-order valence-corrected chi connectivity index (χ0v) is 21.3. The fourth-order valence-electron chi connectivity index (χ4n) is 5.09. The molecule has 0 amide bonds. The van der Waals surface area contributed by atoms with Gasteiger partial charge in [0, 0.05) is 43.6 Å². The highest BCUT2D eigenvalue weighted by molar-refractivity contribution is 5.62. The van der Waals surface area contributed by atoms with Crippen LogP contribution in [0.1, 0.15) is 89.6 Å². The SMILES string of the molecule is CC(C)[C@@H]1CN(c2nc(C3CC3)c3c(c2C#N)CC(C)(C)OC3)CCN1C(O)OC(C)(C)C. The number of fused-ring (bicyclic) bond motifs is 1. The third kappa shape index (κ3) is 5.19. The van der Waals surface area contributed by atoms with Gasteiger partial charge < -0.3 is 19.5 Å². The molecule has 1 aliphatic carbocycles.